The van der Waals surface area contributed by atoms with Crippen LogP contribution in [-0.4, -0.2) is 45.8 Å². The Bertz CT molecular complexity index is 725. The number of carbonyl (C=O) groups is 3. The predicted molar refractivity (Wildman–Crippen MR) is 88.0 cm³/mol. The fourth-order valence-electron chi connectivity index (χ4n) is 1.81. The van der Waals surface area contributed by atoms with E-state index in [0.29, 0.717) is 6.54 Å². The zero-order valence-corrected chi connectivity index (χ0v) is 13.9. The van der Waals surface area contributed by atoms with Crippen molar-refractivity contribution in [3.05, 3.63) is 42.5 Å². The summed E-state index contributed by atoms with van der Waals surface area (Å²) in [5.41, 5.74) is 1.01. The highest BCUT2D eigenvalue weighted by molar-refractivity contribution is 5.97. The van der Waals surface area contributed by atoms with Crippen LogP contribution in [0.4, 0.5) is 4.79 Å². The second-order valence-corrected chi connectivity index (χ2v) is 5.62. The Hall–Kier alpha value is -3.23. The van der Waals surface area contributed by atoms with Crippen molar-refractivity contribution in [1.82, 2.24) is 25.4 Å². The smallest absolute Gasteiger partial charge is 0.338 e. The molecule has 0 atom stereocenters. The number of imide groups is 1. The van der Waals surface area contributed by atoms with Crippen molar-refractivity contribution in [2.24, 2.45) is 5.92 Å². The van der Waals surface area contributed by atoms with Gasteiger partial charge >= 0.3 is 12.0 Å². The van der Waals surface area contributed by atoms with Crippen molar-refractivity contribution in [2.75, 3.05) is 13.2 Å². The summed E-state index contributed by atoms with van der Waals surface area (Å²) >= 11 is 0. The van der Waals surface area contributed by atoms with Crippen LogP contribution in [0.2, 0.25) is 0 Å². The standard InChI is InChI=1S/C16H19N5O4/c1-11(2)7-18-16(24)20-14(22)8-25-15(23)12-3-5-13(6-4-12)21-10-17-9-19-21/h3-6,9-11H,7-8H2,1-2H3,(H2,18,20,22,24). The van der Waals surface area contributed by atoms with Crippen LogP contribution >= 0.6 is 0 Å². The minimum Gasteiger partial charge on any atom is -0.452 e. The summed E-state index contributed by atoms with van der Waals surface area (Å²) in [5.74, 6) is -1.10. The number of nitrogens with one attached hydrogen (secondary N) is 2. The zero-order chi connectivity index (χ0) is 18.2. The van der Waals surface area contributed by atoms with Gasteiger partial charge < -0.3 is 10.1 Å². The van der Waals surface area contributed by atoms with E-state index in [2.05, 4.69) is 20.7 Å². The molecule has 0 aliphatic heterocycles. The summed E-state index contributed by atoms with van der Waals surface area (Å²) in [5, 5.41) is 8.58. The minimum atomic E-state index is -0.700. The third kappa shape index (κ3) is 5.72. The van der Waals surface area contributed by atoms with Gasteiger partial charge in [0, 0.05) is 6.54 Å². The number of ether oxygens (including phenoxy) is 1. The van der Waals surface area contributed by atoms with Crippen molar-refractivity contribution in [3.8, 4) is 5.69 Å². The predicted octanol–water partition coefficient (Wildman–Crippen LogP) is 0.906. The maximum absolute atomic E-state index is 11.9. The largest absolute Gasteiger partial charge is 0.452 e. The van der Waals surface area contributed by atoms with Crippen molar-refractivity contribution < 1.29 is 19.1 Å². The van der Waals surface area contributed by atoms with E-state index in [1.165, 1.54) is 12.7 Å². The number of amides is 3. The average Bonchev–Trinajstić information content (AvgIpc) is 3.12. The normalized spacial score (nSPS) is 10.4. The van der Waals surface area contributed by atoms with Gasteiger partial charge in [-0.05, 0) is 30.2 Å². The highest BCUT2D eigenvalue weighted by Crippen LogP contribution is 2.09. The van der Waals surface area contributed by atoms with Gasteiger partial charge in [-0.15, -0.1) is 0 Å². The number of benzene rings is 1. The highest BCUT2D eigenvalue weighted by atomic mass is 16.5. The van der Waals surface area contributed by atoms with E-state index >= 15 is 0 Å². The van der Waals surface area contributed by atoms with Crippen molar-refractivity contribution in [2.45, 2.75) is 13.8 Å². The minimum absolute atomic E-state index is 0.263. The van der Waals surface area contributed by atoms with E-state index in [4.69, 9.17) is 4.74 Å². The monoisotopic (exact) mass is 345 g/mol. The van der Waals surface area contributed by atoms with E-state index in [1.54, 1.807) is 28.9 Å². The summed E-state index contributed by atoms with van der Waals surface area (Å²) in [4.78, 5) is 38.7. The molecule has 2 aromatic rings. The Kier molecular flexibility index (Phi) is 6.21. The van der Waals surface area contributed by atoms with E-state index in [-0.39, 0.29) is 11.5 Å². The number of hydrogen-bond acceptors (Lipinski definition) is 6. The van der Waals surface area contributed by atoms with Gasteiger partial charge in [-0.1, -0.05) is 13.8 Å². The number of nitrogens with zero attached hydrogens (tertiary/aromatic N) is 3. The van der Waals surface area contributed by atoms with Gasteiger partial charge in [0.1, 0.15) is 12.7 Å². The topological polar surface area (TPSA) is 115 Å². The molecule has 9 heteroatoms. The molecule has 2 rings (SSSR count). The Balaban J connectivity index is 1.79. The molecule has 25 heavy (non-hydrogen) atoms. The molecule has 9 nitrogen and oxygen atoms in total. The molecule has 0 saturated heterocycles. The van der Waals surface area contributed by atoms with E-state index in [0.717, 1.165) is 5.69 Å². The molecule has 0 radical (unpaired) electrons. The molecule has 0 aliphatic carbocycles. The molecule has 0 bridgehead atoms. The molecular weight excluding hydrogens is 326 g/mol. The summed E-state index contributed by atoms with van der Waals surface area (Å²) in [7, 11) is 0. The molecule has 132 valence electrons. The average molecular weight is 345 g/mol. The number of aromatic nitrogens is 3. The molecule has 0 aliphatic rings. The van der Waals surface area contributed by atoms with Crippen LogP contribution in [0, 0.1) is 5.92 Å². The van der Waals surface area contributed by atoms with Crippen LogP contribution in [0.15, 0.2) is 36.9 Å². The maximum Gasteiger partial charge on any atom is 0.338 e. The first-order valence-corrected chi connectivity index (χ1v) is 7.65. The van der Waals surface area contributed by atoms with Crippen LogP contribution in [0.3, 0.4) is 0 Å². The fourth-order valence-corrected chi connectivity index (χ4v) is 1.81. The Morgan fingerprint density at radius 2 is 1.92 bits per heavy atom. The number of urea groups is 1. The van der Waals surface area contributed by atoms with Gasteiger partial charge in [-0.2, -0.15) is 5.10 Å². The van der Waals surface area contributed by atoms with Crippen LogP contribution in [0.5, 0.6) is 0 Å². The highest BCUT2D eigenvalue weighted by Gasteiger charge is 2.12. The number of rotatable bonds is 6. The quantitative estimate of drug-likeness (QED) is 0.752. The third-order valence-corrected chi connectivity index (χ3v) is 3.04. The van der Waals surface area contributed by atoms with Crippen LogP contribution in [0.25, 0.3) is 5.69 Å². The van der Waals surface area contributed by atoms with Gasteiger partial charge in [0.2, 0.25) is 0 Å². The number of hydrogen-bond donors (Lipinski definition) is 2. The molecule has 0 spiro atoms. The van der Waals surface area contributed by atoms with Crippen LogP contribution in [0.1, 0.15) is 24.2 Å². The van der Waals surface area contributed by atoms with Crippen molar-refractivity contribution in [1.29, 1.82) is 0 Å². The molecule has 0 unspecified atom stereocenters. The number of carbonyl (C=O) groups excluding carboxylic acids is 3. The van der Waals surface area contributed by atoms with Gasteiger partial charge in [-0.3, -0.25) is 10.1 Å². The van der Waals surface area contributed by atoms with E-state index < -0.39 is 24.5 Å². The second-order valence-electron chi connectivity index (χ2n) is 5.62. The SMILES string of the molecule is CC(C)CNC(=O)NC(=O)COC(=O)c1ccc(-n2cncn2)cc1. The molecule has 0 saturated carbocycles. The first-order chi connectivity index (χ1) is 12.0. The van der Waals surface area contributed by atoms with Gasteiger partial charge in [0.15, 0.2) is 6.61 Å². The van der Waals surface area contributed by atoms with Crippen LogP contribution in [-0.2, 0) is 9.53 Å². The Labute approximate surface area is 144 Å². The van der Waals surface area contributed by atoms with E-state index in [1.807, 2.05) is 13.8 Å². The molecule has 0 fully saturated rings. The lowest BCUT2D eigenvalue weighted by molar-refractivity contribution is -0.123. The lowest BCUT2D eigenvalue weighted by Crippen LogP contribution is -2.42. The first kappa shape index (κ1) is 18.1. The van der Waals surface area contributed by atoms with Crippen molar-refractivity contribution in [3.63, 3.8) is 0 Å². The number of esters is 1. The third-order valence-electron chi connectivity index (χ3n) is 3.04. The molecule has 2 N–H and O–H groups in total. The Morgan fingerprint density at radius 1 is 1.20 bits per heavy atom. The van der Waals surface area contributed by atoms with E-state index in [9.17, 15) is 14.4 Å². The fraction of sp³-hybridized carbons (Fsp3) is 0.312. The molecular formula is C16H19N5O4. The van der Waals surface area contributed by atoms with Crippen LogP contribution < -0.4 is 10.6 Å². The molecule has 1 aromatic carbocycles. The van der Waals surface area contributed by atoms with Crippen molar-refractivity contribution >= 4 is 17.9 Å². The summed E-state index contributed by atoms with van der Waals surface area (Å²) in [6.45, 7) is 3.76. The molecule has 1 aromatic heterocycles. The molecule has 3 amide bonds. The van der Waals surface area contributed by atoms with Gasteiger partial charge in [0.05, 0.1) is 11.3 Å². The summed E-state index contributed by atoms with van der Waals surface area (Å²) in [6, 6.07) is 5.82. The van der Waals surface area contributed by atoms with Gasteiger partial charge in [-0.25, -0.2) is 19.3 Å². The summed E-state index contributed by atoms with van der Waals surface area (Å²) < 4.78 is 6.42. The Morgan fingerprint density at radius 3 is 2.52 bits per heavy atom. The second kappa shape index (κ2) is 8.57. The zero-order valence-electron chi connectivity index (χ0n) is 13.9. The lowest BCUT2D eigenvalue weighted by Gasteiger charge is -2.09. The summed E-state index contributed by atoms with van der Waals surface area (Å²) in [6.07, 6.45) is 2.93. The lowest BCUT2D eigenvalue weighted by atomic mass is 10.2. The maximum atomic E-state index is 11.9. The first-order valence-electron chi connectivity index (χ1n) is 7.65. The molecule has 1 heterocycles. The van der Waals surface area contributed by atoms with Gasteiger partial charge in [0.25, 0.3) is 5.91 Å².